The van der Waals surface area contributed by atoms with Gasteiger partial charge in [0.1, 0.15) is 0 Å². The Morgan fingerprint density at radius 1 is 1.35 bits per heavy atom. The van der Waals surface area contributed by atoms with E-state index in [1.165, 1.54) is 44.3 Å². The fraction of sp³-hybridized carbons (Fsp3) is 0.769. The molecule has 0 spiro atoms. The lowest BCUT2D eigenvalue weighted by atomic mass is 9.93. The van der Waals surface area contributed by atoms with Crippen LogP contribution in [0.2, 0.25) is 0 Å². The van der Waals surface area contributed by atoms with Crippen molar-refractivity contribution in [3.8, 4) is 0 Å². The van der Waals surface area contributed by atoms with Gasteiger partial charge in [0.15, 0.2) is 0 Å². The number of nitrogens with one attached hydrogen (secondary N) is 2. The van der Waals surface area contributed by atoms with Crippen LogP contribution in [0.25, 0.3) is 0 Å². The number of hydrogen-bond donors (Lipinski definition) is 2. The first kappa shape index (κ1) is 11.1. The van der Waals surface area contributed by atoms with E-state index in [1.54, 1.807) is 0 Å². The van der Waals surface area contributed by atoms with Gasteiger partial charge in [-0.1, -0.05) is 6.42 Å². The van der Waals surface area contributed by atoms with Gasteiger partial charge in [-0.25, -0.2) is 0 Å². The Labute approximate surface area is 103 Å². The first-order valence-corrected chi connectivity index (χ1v) is 6.81. The Kier molecular flexibility index (Phi) is 3.05. The van der Waals surface area contributed by atoms with Gasteiger partial charge in [0, 0.05) is 25.3 Å². The van der Waals surface area contributed by atoms with Crippen molar-refractivity contribution in [2.45, 2.75) is 44.2 Å². The Morgan fingerprint density at radius 3 is 3.00 bits per heavy atom. The van der Waals surface area contributed by atoms with Crippen molar-refractivity contribution in [2.75, 3.05) is 11.9 Å². The number of anilines is 1. The fourth-order valence-electron chi connectivity index (χ4n) is 3.44. The Balaban J connectivity index is 1.65. The summed E-state index contributed by atoms with van der Waals surface area (Å²) in [5.41, 5.74) is 1.17. The van der Waals surface area contributed by atoms with E-state index < -0.39 is 0 Å². The third-order valence-electron chi connectivity index (χ3n) is 4.24. The van der Waals surface area contributed by atoms with Crippen molar-refractivity contribution in [2.24, 2.45) is 13.0 Å². The van der Waals surface area contributed by atoms with E-state index in [0.29, 0.717) is 6.04 Å². The topological polar surface area (TPSA) is 41.9 Å². The second-order valence-corrected chi connectivity index (χ2v) is 5.45. The molecule has 1 saturated carbocycles. The first-order valence-electron chi connectivity index (χ1n) is 6.81. The highest BCUT2D eigenvalue weighted by molar-refractivity contribution is 5.39. The SMILES string of the molecule is Cn1cc(NC2CCCC2C2CCCN2)cn1. The summed E-state index contributed by atoms with van der Waals surface area (Å²) >= 11 is 0. The van der Waals surface area contributed by atoms with Crippen molar-refractivity contribution in [1.82, 2.24) is 15.1 Å². The van der Waals surface area contributed by atoms with Crippen molar-refractivity contribution >= 4 is 5.69 Å². The van der Waals surface area contributed by atoms with Crippen LogP contribution in [-0.4, -0.2) is 28.4 Å². The molecule has 2 heterocycles. The summed E-state index contributed by atoms with van der Waals surface area (Å²) < 4.78 is 1.86. The monoisotopic (exact) mass is 234 g/mol. The number of rotatable bonds is 3. The molecule has 0 bridgehead atoms. The Morgan fingerprint density at radius 2 is 2.29 bits per heavy atom. The third kappa shape index (κ3) is 2.32. The molecule has 3 unspecified atom stereocenters. The van der Waals surface area contributed by atoms with Crippen LogP contribution in [0.5, 0.6) is 0 Å². The van der Waals surface area contributed by atoms with Crippen LogP contribution in [0.1, 0.15) is 32.1 Å². The largest absolute Gasteiger partial charge is 0.379 e. The fourth-order valence-corrected chi connectivity index (χ4v) is 3.44. The van der Waals surface area contributed by atoms with Crippen molar-refractivity contribution in [3.63, 3.8) is 0 Å². The second-order valence-electron chi connectivity index (χ2n) is 5.45. The molecule has 0 amide bonds. The Hall–Kier alpha value is -1.03. The summed E-state index contributed by atoms with van der Waals surface area (Å²) in [6.45, 7) is 1.21. The number of aromatic nitrogens is 2. The normalized spacial score (nSPS) is 33.1. The third-order valence-corrected chi connectivity index (χ3v) is 4.24. The molecule has 1 aromatic heterocycles. The maximum absolute atomic E-state index is 4.22. The highest BCUT2D eigenvalue weighted by Crippen LogP contribution is 2.33. The van der Waals surface area contributed by atoms with E-state index in [-0.39, 0.29) is 0 Å². The van der Waals surface area contributed by atoms with E-state index in [0.717, 1.165) is 12.0 Å². The standard InChI is InChI=1S/C13H22N4/c1-17-9-10(8-15-17)16-13-5-2-4-11(13)12-6-3-7-14-12/h8-9,11-14,16H,2-7H2,1H3. The molecule has 1 saturated heterocycles. The number of hydrogen-bond acceptors (Lipinski definition) is 3. The predicted octanol–water partition coefficient (Wildman–Crippen LogP) is 1.75. The zero-order valence-corrected chi connectivity index (χ0v) is 10.5. The highest BCUT2D eigenvalue weighted by atomic mass is 15.3. The van der Waals surface area contributed by atoms with Gasteiger partial charge in [0.25, 0.3) is 0 Å². The minimum Gasteiger partial charge on any atom is -0.379 e. The summed E-state index contributed by atoms with van der Waals surface area (Å²) in [6, 6.07) is 1.38. The maximum atomic E-state index is 4.22. The van der Waals surface area contributed by atoms with Gasteiger partial charge in [-0.2, -0.15) is 5.10 Å². The molecule has 1 aromatic rings. The van der Waals surface area contributed by atoms with E-state index >= 15 is 0 Å². The molecule has 4 heteroatoms. The summed E-state index contributed by atoms with van der Waals surface area (Å²) in [5, 5.41) is 11.5. The lowest BCUT2D eigenvalue weighted by Crippen LogP contribution is -2.38. The minimum absolute atomic E-state index is 0.634. The van der Waals surface area contributed by atoms with Crippen LogP contribution >= 0.6 is 0 Å². The molecule has 2 fully saturated rings. The summed E-state index contributed by atoms with van der Waals surface area (Å²) in [5.74, 6) is 0.803. The molecule has 94 valence electrons. The smallest absolute Gasteiger partial charge is 0.0728 e. The summed E-state index contributed by atoms with van der Waals surface area (Å²) in [7, 11) is 1.97. The van der Waals surface area contributed by atoms with Gasteiger partial charge in [0.2, 0.25) is 0 Å². The maximum Gasteiger partial charge on any atom is 0.0728 e. The molecule has 0 radical (unpaired) electrons. The summed E-state index contributed by atoms with van der Waals surface area (Å²) in [4.78, 5) is 0. The first-order chi connectivity index (χ1) is 8.33. The molecule has 2 aliphatic rings. The van der Waals surface area contributed by atoms with Crippen LogP contribution in [0.4, 0.5) is 5.69 Å². The van der Waals surface area contributed by atoms with Crippen molar-refractivity contribution < 1.29 is 0 Å². The highest BCUT2D eigenvalue weighted by Gasteiger charge is 2.34. The van der Waals surface area contributed by atoms with Crippen molar-refractivity contribution in [3.05, 3.63) is 12.4 Å². The molecular weight excluding hydrogens is 212 g/mol. The molecule has 2 N–H and O–H groups in total. The van der Waals surface area contributed by atoms with Crippen LogP contribution < -0.4 is 10.6 Å². The van der Waals surface area contributed by atoms with Crippen LogP contribution in [0, 0.1) is 5.92 Å². The Bertz CT molecular complexity index is 367. The lowest BCUT2D eigenvalue weighted by molar-refractivity contribution is 0.376. The molecular formula is C13H22N4. The molecule has 17 heavy (non-hydrogen) atoms. The average molecular weight is 234 g/mol. The average Bonchev–Trinajstić information content (AvgIpc) is 3.00. The van der Waals surface area contributed by atoms with Gasteiger partial charge in [-0.05, 0) is 38.1 Å². The molecule has 3 rings (SSSR count). The van der Waals surface area contributed by atoms with Gasteiger partial charge >= 0.3 is 0 Å². The van der Waals surface area contributed by atoms with E-state index in [2.05, 4.69) is 21.9 Å². The van der Waals surface area contributed by atoms with Gasteiger partial charge < -0.3 is 10.6 Å². The van der Waals surface area contributed by atoms with Gasteiger partial charge in [0.05, 0.1) is 11.9 Å². The molecule has 1 aliphatic carbocycles. The zero-order chi connectivity index (χ0) is 11.7. The van der Waals surface area contributed by atoms with Crippen LogP contribution in [0.15, 0.2) is 12.4 Å². The van der Waals surface area contributed by atoms with Crippen LogP contribution in [-0.2, 0) is 7.05 Å². The summed E-state index contributed by atoms with van der Waals surface area (Å²) in [6.07, 6.45) is 10.7. The molecule has 1 aliphatic heterocycles. The number of aryl methyl sites for hydroxylation is 1. The van der Waals surface area contributed by atoms with Gasteiger partial charge in [-0.15, -0.1) is 0 Å². The lowest BCUT2D eigenvalue weighted by Gasteiger charge is -2.26. The second kappa shape index (κ2) is 4.69. The number of nitrogens with zero attached hydrogens (tertiary/aromatic N) is 2. The van der Waals surface area contributed by atoms with E-state index in [1.807, 2.05) is 17.9 Å². The predicted molar refractivity (Wildman–Crippen MR) is 69.0 cm³/mol. The van der Waals surface area contributed by atoms with E-state index in [4.69, 9.17) is 0 Å². The van der Waals surface area contributed by atoms with Crippen molar-refractivity contribution in [1.29, 1.82) is 0 Å². The zero-order valence-electron chi connectivity index (χ0n) is 10.5. The molecule has 4 nitrogen and oxygen atoms in total. The van der Waals surface area contributed by atoms with Crippen LogP contribution in [0.3, 0.4) is 0 Å². The molecule has 3 atom stereocenters. The van der Waals surface area contributed by atoms with E-state index in [9.17, 15) is 0 Å². The van der Waals surface area contributed by atoms with Gasteiger partial charge in [-0.3, -0.25) is 4.68 Å². The minimum atomic E-state index is 0.634. The quantitative estimate of drug-likeness (QED) is 0.837. The molecule has 0 aromatic carbocycles.